The van der Waals surface area contributed by atoms with Crippen molar-refractivity contribution in [2.24, 2.45) is 0 Å². The van der Waals surface area contributed by atoms with Crippen molar-refractivity contribution in [2.75, 3.05) is 14.2 Å². The van der Waals surface area contributed by atoms with Crippen molar-refractivity contribution in [1.82, 2.24) is 20.2 Å². The molecule has 0 fully saturated rings. The summed E-state index contributed by atoms with van der Waals surface area (Å²) in [7, 11) is 3.32. The summed E-state index contributed by atoms with van der Waals surface area (Å²) in [6.07, 6.45) is 0. The van der Waals surface area contributed by atoms with Crippen LogP contribution in [0, 0.1) is 0 Å². The van der Waals surface area contributed by atoms with E-state index in [2.05, 4.69) is 36.5 Å². The van der Waals surface area contributed by atoms with E-state index in [-0.39, 0.29) is 0 Å². The van der Waals surface area contributed by atoms with E-state index < -0.39 is 0 Å². The molecule has 4 rings (SSSR count). The number of benzene rings is 2. The first-order valence-electron chi connectivity index (χ1n) is 8.64. The van der Waals surface area contributed by atoms with Crippen molar-refractivity contribution in [1.29, 1.82) is 0 Å². The number of hydrogen-bond donors (Lipinski definition) is 1. The van der Waals surface area contributed by atoms with Gasteiger partial charge in [0.15, 0.2) is 5.82 Å². The Balaban J connectivity index is 1.44. The number of thiazole rings is 1. The van der Waals surface area contributed by atoms with Crippen molar-refractivity contribution in [3.05, 3.63) is 58.0 Å². The van der Waals surface area contributed by atoms with E-state index in [1.165, 1.54) is 0 Å². The van der Waals surface area contributed by atoms with Gasteiger partial charge >= 0.3 is 0 Å². The van der Waals surface area contributed by atoms with Crippen LogP contribution >= 0.6 is 39.0 Å². The molecule has 0 unspecified atom stereocenters. The minimum Gasteiger partial charge on any atom is -0.497 e. The summed E-state index contributed by atoms with van der Waals surface area (Å²) in [6.45, 7) is 0. The monoisotopic (exact) mass is 488 g/mol. The quantitative estimate of drug-likeness (QED) is 0.338. The van der Waals surface area contributed by atoms with E-state index in [1.807, 2.05) is 42.5 Å². The summed E-state index contributed by atoms with van der Waals surface area (Å²) in [5.41, 5.74) is 2.92. The second-order valence-electron chi connectivity index (χ2n) is 5.97. The van der Waals surface area contributed by atoms with Gasteiger partial charge in [0.05, 0.1) is 25.5 Å². The third-order valence-corrected chi connectivity index (χ3v) is 6.42. The summed E-state index contributed by atoms with van der Waals surface area (Å²) in [6, 6.07) is 13.6. The summed E-state index contributed by atoms with van der Waals surface area (Å²) >= 11 is 6.65. The minimum absolute atomic E-state index is 0.686. The number of ether oxygens (including phenoxy) is 2. The Morgan fingerprint density at radius 3 is 2.66 bits per heavy atom. The van der Waals surface area contributed by atoms with Crippen molar-refractivity contribution in [2.45, 2.75) is 10.9 Å². The first-order valence-corrected chi connectivity index (χ1v) is 11.3. The largest absolute Gasteiger partial charge is 0.497 e. The van der Waals surface area contributed by atoms with Gasteiger partial charge in [0, 0.05) is 21.2 Å². The van der Waals surface area contributed by atoms with Crippen molar-refractivity contribution in [3.8, 4) is 33.5 Å². The van der Waals surface area contributed by atoms with Gasteiger partial charge in [-0.2, -0.15) is 0 Å². The summed E-state index contributed by atoms with van der Waals surface area (Å²) in [5, 5.41) is 10.9. The molecule has 6 nitrogen and oxygen atoms in total. The fourth-order valence-corrected chi connectivity index (χ4v) is 4.67. The maximum Gasteiger partial charge on any atom is 0.209 e. The fraction of sp³-hybridized carbons (Fsp3) is 0.150. The highest BCUT2D eigenvalue weighted by Gasteiger charge is 2.12. The highest BCUT2D eigenvalue weighted by atomic mass is 79.9. The zero-order valence-corrected chi connectivity index (χ0v) is 18.9. The van der Waals surface area contributed by atoms with Gasteiger partial charge in [0.25, 0.3) is 0 Å². The second-order valence-corrected chi connectivity index (χ2v) is 8.69. The zero-order valence-electron chi connectivity index (χ0n) is 15.7. The highest BCUT2D eigenvalue weighted by Crippen LogP contribution is 2.35. The number of H-pyrrole nitrogens is 1. The van der Waals surface area contributed by atoms with Crippen LogP contribution in [0.4, 0.5) is 0 Å². The number of nitrogens with zero attached hydrogens (tertiary/aromatic N) is 3. The molecule has 0 aliphatic heterocycles. The second kappa shape index (κ2) is 8.98. The lowest BCUT2D eigenvalue weighted by Crippen LogP contribution is -1.88. The molecule has 0 bridgehead atoms. The molecule has 0 saturated carbocycles. The number of rotatable bonds is 7. The number of aromatic amines is 1. The molecule has 0 saturated heterocycles. The van der Waals surface area contributed by atoms with Gasteiger partial charge in [-0.1, -0.05) is 27.7 Å². The van der Waals surface area contributed by atoms with E-state index in [0.29, 0.717) is 10.9 Å². The predicted molar refractivity (Wildman–Crippen MR) is 120 cm³/mol. The molecule has 2 aromatic carbocycles. The molecule has 2 aromatic heterocycles. The van der Waals surface area contributed by atoms with E-state index in [0.717, 1.165) is 43.6 Å². The van der Waals surface area contributed by atoms with E-state index in [1.54, 1.807) is 37.3 Å². The third kappa shape index (κ3) is 4.63. The number of aromatic nitrogens is 4. The van der Waals surface area contributed by atoms with Crippen LogP contribution in [0.5, 0.6) is 11.5 Å². The number of methoxy groups -OCH3 is 2. The van der Waals surface area contributed by atoms with Crippen LogP contribution < -0.4 is 9.47 Å². The number of halogens is 1. The van der Waals surface area contributed by atoms with Crippen LogP contribution in [-0.2, 0) is 5.75 Å². The molecule has 0 radical (unpaired) electrons. The molecule has 0 atom stereocenters. The van der Waals surface area contributed by atoms with Crippen LogP contribution in [0.3, 0.4) is 0 Å². The van der Waals surface area contributed by atoms with Gasteiger partial charge in [-0.15, -0.1) is 16.4 Å². The summed E-state index contributed by atoms with van der Waals surface area (Å²) < 4.78 is 11.6. The molecular formula is C20H17BrN4O2S2. The molecule has 4 aromatic rings. The third-order valence-electron chi connectivity index (χ3n) is 4.12. The first kappa shape index (κ1) is 19.9. The van der Waals surface area contributed by atoms with Crippen molar-refractivity contribution in [3.63, 3.8) is 0 Å². The van der Waals surface area contributed by atoms with Gasteiger partial charge in [-0.05, 0) is 42.5 Å². The van der Waals surface area contributed by atoms with Crippen LogP contribution in [0.25, 0.3) is 22.0 Å². The van der Waals surface area contributed by atoms with E-state index in [4.69, 9.17) is 14.5 Å². The topological polar surface area (TPSA) is 72.9 Å². The summed E-state index contributed by atoms with van der Waals surface area (Å²) in [4.78, 5) is 9.31. The van der Waals surface area contributed by atoms with Gasteiger partial charge in [0.1, 0.15) is 16.5 Å². The van der Waals surface area contributed by atoms with Crippen LogP contribution in [0.1, 0.15) is 5.69 Å². The van der Waals surface area contributed by atoms with Gasteiger partial charge < -0.3 is 9.47 Å². The van der Waals surface area contributed by atoms with Gasteiger partial charge in [0.2, 0.25) is 5.16 Å². The van der Waals surface area contributed by atoms with Crippen LogP contribution in [0.15, 0.2) is 57.5 Å². The number of hydrogen-bond acceptors (Lipinski definition) is 7. The maximum atomic E-state index is 5.46. The molecule has 1 N–H and O–H groups in total. The lowest BCUT2D eigenvalue weighted by Gasteiger charge is -2.06. The fourth-order valence-electron chi connectivity index (χ4n) is 2.67. The smallest absolute Gasteiger partial charge is 0.209 e. The average Bonchev–Trinajstić information content (AvgIpc) is 3.42. The Morgan fingerprint density at radius 1 is 1.07 bits per heavy atom. The number of nitrogens with one attached hydrogen (secondary N) is 1. The molecule has 0 spiro atoms. The molecule has 9 heteroatoms. The molecule has 0 aliphatic rings. The highest BCUT2D eigenvalue weighted by molar-refractivity contribution is 9.10. The average molecular weight is 489 g/mol. The normalized spacial score (nSPS) is 10.9. The molecule has 29 heavy (non-hydrogen) atoms. The van der Waals surface area contributed by atoms with Crippen LogP contribution in [-0.4, -0.2) is 34.4 Å². The lowest BCUT2D eigenvalue weighted by atomic mass is 10.2. The standard InChI is InChI=1S/C20H17BrN4O2S2/c1-26-15-6-3-12(4-7-15)18-23-20(25-24-18)29-11-14-10-28-19(22-14)16-9-13(21)5-8-17(16)27-2/h3-10H,11H2,1-2H3,(H,23,24,25). The molecule has 0 aliphatic carbocycles. The maximum absolute atomic E-state index is 5.46. The van der Waals surface area contributed by atoms with Gasteiger partial charge in [-0.3, -0.25) is 5.10 Å². The Bertz CT molecular complexity index is 1110. The number of thioether (sulfide) groups is 1. The Labute approximate surface area is 184 Å². The SMILES string of the molecule is COc1ccc(-c2nc(SCc3csc(-c4cc(Br)ccc4OC)n3)n[nH]2)cc1. The Kier molecular flexibility index (Phi) is 6.17. The molecule has 148 valence electrons. The predicted octanol–water partition coefficient (Wildman–Crippen LogP) is 5.67. The Hall–Kier alpha value is -2.36. The molecule has 0 amide bonds. The summed E-state index contributed by atoms with van der Waals surface area (Å²) in [5.74, 6) is 3.03. The minimum atomic E-state index is 0.686. The van der Waals surface area contributed by atoms with E-state index >= 15 is 0 Å². The van der Waals surface area contributed by atoms with Gasteiger partial charge in [-0.25, -0.2) is 9.97 Å². The first-order chi connectivity index (χ1) is 14.2. The Morgan fingerprint density at radius 2 is 1.90 bits per heavy atom. The van der Waals surface area contributed by atoms with E-state index in [9.17, 15) is 0 Å². The molecule has 2 heterocycles. The molecular weight excluding hydrogens is 472 g/mol. The zero-order chi connectivity index (χ0) is 20.2. The van der Waals surface area contributed by atoms with Crippen LogP contribution in [0.2, 0.25) is 0 Å². The lowest BCUT2D eigenvalue weighted by molar-refractivity contribution is 0.415. The van der Waals surface area contributed by atoms with Crippen molar-refractivity contribution >= 4 is 39.0 Å². The van der Waals surface area contributed by atoms with Crippen molar-refractivity contribution < 1.29 is 9.47 Å².